The molecule has 2 aliphatic heterocycles. The summed E-state index contributed by atoms with van der Waals surface area (Å²) in [6.07, 6.45) is -5.15. The first kappa shape index (κ1) is 27.4. The van der Waals surface area contributed by atoms with Crippen LogP contribution >= 0.6 is 0 Å². The number of benzene rings is 2. The van der Waals surface area contributed by atoms with Gasteiger partial charge in [-0.2, -0.15) is 13.2 Å². The summed E-state index contributed by atoms with van der Waals surface area (Å²) in [5.41, 5.74) is -1.20. The van der Waals surface area contributed by atoms with E-state index >= 15 is 0 Å². The number of carbonyl (C=O) groups is 1. The minimum absolute atomic E-state index is 0.122. The Morgan fingerprint density at radius 1 is 1.02 bits per heavy atom. The van der Waals surface area contributed by atoms with Gasteiger partial charge in [0.05, 0.1) is 7.11 Å². The number of piperazine rings is 1. The number of hydrogen-bond donors (Lipinski definition) is 1. The number of methoxy groups -OCH3 is 1. The zero-order valence-corrected chi connectivity index (χ0v) is 22.6. The predicted molar refractivity (Wildman–Crippen MR) is 144 cm³/mol. The number of nitrogens with one attached hydrogen (secondary N) is 1. The summed E-state index contributed by atoms with van der Waals surface area (Å²) in [6, 6.07) is 11.8. The third kappa shape index (κ3) is 5.70. The first-order valence-electron chi connectivity index (χ1n) is 12.8. The van der Waals surface area contributed by atoms with Crippen molar-refractivity contribution >= 4 is 28.4 Å². The minimum atomic E-state index is -4.72. The summed E-state index contributed by atoms with van der Waals surface area (Å²) < 4.78 is 59.0. The molecular formula is C28H30F3N5O4. The van der Waals surface area contributed by atoms with Crippen molar-refractivity contribution in [1.82, 2.24) is 14.8 Å². The van der Waals surface area contributed by atoms with Gasteiger partial charge in [0.25, 0.3) is 0 Å². The largest absolute Gasteiger partial charge is 0.497 e. The van der Waals surface area contributed by atoms with E-state index in [1.165, 1.54) is 7.11 Å². The van der Waals surface area contributed by atoms with Crippen LogP contribution < -0.4 is 14.8 Å². The molecule has 0 radical (unpaired) electrons. The summed E-state index contributed by atoms with van der Waals surface area (Å²) >= 11 is 0. The molecule has 0 bridgehead atoms. The van der Waals surface area contributed by atoms with E-state index in [-0.39, 0.29) is 18.1 Å². The summed E-state index contributed by atoms with van der Waals surface area (Å²) in [5, 5.41) is 4.54. The van der Waals surface area contributed by atoms with E-state index in [0.717, 1.165) is 11.5 Å². The summed E-state index contributed by atoms with van der Waals surface area (Å²) in [6.45, 7) is 6.93. The van der Waals surface area contributed by atoms with Gasteiger partial charge in [-0.05, 0) is 38.3 Å². The van der Waals surface area contributed by atoms with Crippen LogP contribution in [0.1, 0.15) is 32.0 Å². The van der Waals surface area contributed by atoms with Gasteiger partial charge >= 0.3 is 12.3 Å². The lowest BCUT2D eigenvalue weighted by molar-refractivity contribution is -0.141. The monoisotopic (exact) mass is 557 g/mol. The molecule has 0 spiro atoms. The predicted octanol–water partition coefficient (Wildman–Crippen LogP) is 5.74. The molecule has 0 saturated carbocycles. The van der Waals surface area contributed by atoms with E-state index < -0.39 is 23.6 Å². The Morgan fingerprint density at radius 2 is 1.75 bits per heavy atom. The molecule has 2 aliphatic rings. The average Bonchev–Trinajstić information content (AvgIpc) is 2.91. The van der Waals surface area contributed by atoms with Gasteiger partial charge in [0.1, 0.15) is 41.0 Å². The van der Waals surface area contributed by atoms with E-state index in [1.807, 2.05) is 35.2 Å². The van der Waals surface area contributed by atoms with Crippen molar-refractivity contribution in [3.63, 3.8) is 0 Å². The van der Waals surface area contributed by atoms with Crippen molar-refractivity contribution in [3.05, 3.63) is 53.7 Å². The molecule has 1 saturated heterocycles. The Hall–Kier alpha value is -4.22. The van der Waals surface area contributed by atoms with Gasteiger partial charge < -0.3 is 29.3 Å². The molecule has 1 N–H and O–H groups in total. The highest BCUT2D eigenvalue weighted by Crippen LogP contribution is 2.41. The quantitative estimate of drug-likeness (QED) is 0.440. The minimum Gasteiger partial charge on any atom is -0.497 e. The maximum Gasteiger partial charge on any atom is 0.433 e. The standard InChI is InChI=1S/C28H30F3N5O4/c1-27(2,3)40-26(37)36-11-9-35(10-12-36)24-20-15-22(28(29,30)31)34-25(23(20)32-16-33-24)39-21-14-18(38-4)13-17-7-5-6-8-19(17)21/h5-8,13-15,32H,9-12,16H2,1-4H3. The summed E-state index contributed by atoms with van der Waals surface area (Å²) in [4.78, 5) is 24.3. The fraction of sp³-hybridized carbons (Fsp3) is 0.393. The number of hydrogen-bond acceptors (Lipinski definition) is 8. The van der Waals surface area contributed by atoms with Crippen molar-refractivity contribution in [3.8, 4) is 17.4 Å². The Kier molecular flexibility index (Phi) is 7.11. The number of nitrogens with zero attached hydrogens (tertiary/aromatic N) is 4. The molecule has 2 aromatic carbocycles. The van der Waals surface area contributed by atoms with Crippen molar-refractivity contribution in [2.24, 2.45) is 4.99 Å². The average molecular weight is 558 g/mol. The molecule has 3 heterocycles. The van der Waals surface area contributed by atoms with Gasteiger partial charge in [0, 0.05) is 43.2 Å². The summed E-state index contributed by atoms with van der Waals surface area (Å²) in [5.74, 6) is 0.960. The fourth-order valence-electron chi connectivity index (χ4n) is 4.62. The number of amidine groups is 1. The van der Waals surface area contributed by atoms with Crippen LogP contribution in [0.15, 0.2) is 47.5 Å². The molecule has 9 nitrogen and oxygen atoms in total. The van der Waals surface area contributed by atoms with E-state index in [9.17, 15) is 18.0 Å². The first-order valence-corrected chi connectivity index (χ1v) is 12.8. The van der Waals surface area contributed by atoms with Gasteiger partial charge in [0.15, 0.2) is 0 Å². The van der Waals surface area contributed by atoms with Gasteiger partial charge in [-0.15, -0.1) is 0 Å². The number of pyridine rings is 1. The molecule has 212 valence electrons. The van der Waals surface area contributed by atoms with E-state index in [2.05, 4.69) is 15.3 Å². The molecule has 1 aromatic heterocycles. The highest BCUT2D eigenvalue weighted by Gasteiger charge is 2.37. The lowest BCUT2D eigenvalue weighted by atomic mass is 10.1. The van der Waals surface area contributed by atoms with Crippen LogP contribution in [0.25, 0.3) is 10.8 Å². The lowest BCUT2D eigenvalue weighted by Gasteiger charge is -2.38. The number of carbonyl (C=O) groups excluding carboxylic acids is 1. The molecule has 0 unspecified atom stereocenters. The van der Waals surface area contributed by atoms with Crippen molar-refractivity contribution < 1.29 is 32.2 Å². The van der Waals surface area contributed by atoms with Crippen LogP contribution in [0, 0.1) is 0 Å². The topological polar surface area (TPSA) is 88.5 Å². The maximum atomic E-state index is 14.0. The van der Waals surface area contributed by atoms with Crippen molar-refractivity contribution in [1.29, 1.82) is 0 Å². The molecule has 0 aliphatic carbocycles. The zero-order chi connectivity index (χ0) is 28.7. The Bertz CT molecular complexity index is 1460. The van der Waals surface area contributed by atoms with Gasteiger partial charge in [-0.1, -0.05) is 24.3 Å². The first-order chi connectivity index (χ1) is 18.9. The number of anilines is 1. The lowest BCUT2D eigenvalue weighted by Crippen LogP contribution is -2.52. The van der Waals surface area contributed by atoms with E-state index in [0.29, 0.717) is 54.6 Å². The smallest absolute Gasteiger partial charge is 0.433 e. The molecule has 40 heavy (non-hydrogen) atoms. The van der Waals surface area contributed by atoms with Gasteiger partial charge in [0.2, 0.25) is 5.88 Å². The second-order valence-electron chi connectivity index (χ2n) is 10.5. The highest BCUT2D eigenvalue weighted by atomic mass is 19.4. The number of fused-ring (bicyclic) bond motifs is 2. The molecular weight excluding hydrogens is 527 g/mol. The Labute approximate surface area is 229 Å². The SMILES string of the molecule is COc1cc(Oc2nc(C(F)(F)F)cc3c2NCN=C3N2CCN(C(=O)OC(C)(C)C)CC2)c2ccccc2c1. The third-order valence-corrected chi connectivity index (χ3v) is 6.47. The fourth-order valence-corrected chi connectivity index (χ4v) is 4.62. The second kappa shape index (κ2) is 10.4. The molecule has 3 aromatic rings. The van der Waals surface area contributed by atoms with Crippen molar-refractivity contribution in [2.75, 3.05) is 45.3 Å². The highest BCUT2D eigenvalue weighted by molar-refractivity contribution is 6.06. The molecule has 0 atom stereocenters. The number of aliphatic imine (C=N–C) groups is 1. The number of amides is 1. The van der Waals surface area contributed by atoms with E-state index in [1.54, 1.807) is 31.7 Å². The van der Waals surface area contributed by atoms with Crippen LogP contribution in [0.5, 0.6) is 17.4 Å². The number of aromatic nitrogens is 1. The molecule has 12 heteroatoms. The molecule has 1 amide bonds. The summed E-state index contributed by atoms with van der Waals surface area (Å²) in [7, 11) is 1.51. The van der Waals surface area contributed by atoms with Crippen LogP contribution in [-0.4, -0.2) is 72.3 Å². The van der Waals surface area contributed by atoms with Crippen LogP contribution in [0.3, 0.4) is 0 Å². The van der Waals surface area contributed by atoms with Crippen LogP contribution in [0.4, 0.5) is 23.7 Å². The number of rotatable bonds is 3. The van der Waals surface area contributed by atoms with Gasteiger partial charge in [-0.25, -0.2) is 14.8 Å². The number of halogens is 3. The van der Waals surface area contributed by atoms with Crippen LogP contribution in [0.2, 0.25) is 0 Å². The molecule has 1 fully saturated rings. The number of ether oxygens (including phenoxy) is 3. The molecule has 5 rings (SSSR count). The Balaban J connectivity index is 1.49. The normalized spacial score (nSPS) is 15.7. The van der Waals surface area contributed by atoms with Gasteiger partial charge in [-0.3, -0.25) is 0 Å². The van der Waals surface area contributed by atoms with Crippen molar-refractivity contribution in [2.45, 2.75) is 32.5 Å². The van der Waals surface area contributed by atoms with Crippen LogP contribution in [-0.2, 0) is 10.9 Å². The zero-order valence-electron chi connectivity index (χ0n) is 22.6. The maximum absolute atomic E-state index is 14.0. The van der Waals surface area contributed by atoms with E-state index in [4.69, 9.17) is 14.2 Å². The Morgan fingerprint density at radius 3 is 2.42 bits per heavy atom. The second-order valence-corrected chi connectivity index (χ2v) is 10.5. The number of alkyl halides is 3. The third-order valence-electron chi connectivity index (χ3n) is 6.47.